The van der Waals surface area contributed by atoms with Crippen molar-refractivity contribution in [1.82, 2.24) is 15.5 Å². The Labute approximate surface area is 114 Å². The lowest BCUT2D eigenvalue weighted by molar-refractivity contribution is 0.236. The van der Waals surface area contributed by atoms with Crippen molar-refractivity contribution in [3.8, 4) is 0 Å². The molecular formula is C15H33N3. The van der Waals surface area contributed by atoms with Crippen molar-refractivity contribution in [1.29, 1.82) is 0 Å². The molecule has 108 valence electrons. The van der Waals surface area contributed by atoms with Gasteiger partial charge >= 0.3 is 0 Å². The van der Waals surface area contributed by atoms with Gasteiger partial charge in [-0.05, 0) is 38.9 Å². The second-order valence-electron chi connectivity index (χ2n) is 5.46. The molecule has 0 aliphatic carbocycles. The second kappa shape index (κ2) is 11.9. The van der Waals surface area contributed by atoms with Gasteiger partial charge in [0.15, 0.2) is 0 Å². The number of unbranched alkanes of at least 4 members (excludes halogenated alkanes) is 5. The summed E-state index contributed by atoms with van der Waals surface area (Å²) >= 11 is 0. The molecule has 0 unspecified atom stereocenters. The molecule has 1 saturated heterocycles. The molecule has 1 aliphatic rings. The number of nitrogens with one attached hydrogen (secondary N) is 2. The van der Waals surface area contributed by atoms with Crippen molar-refractivity contribution in [3.63, 3.8) is 0 Å². The average molecular weight is 255 g/mol. The molecule has 0 aromatic carbocycles. The third kappa shape index (κ3) is 8.90. The van der Waals surface area contributed by atoms with E-state index in [9.17, 15) is 0 Å². The molecule has 0 radical (unpaired) electrons. The maximum atomic E-state index is 3.54. The summed E-state index contributed by atoms with van der Waals surface area (Å²) in [5, 5.41) is 6.95. The lowest BCUT2D eigenvalue weighted by atomic mass is 10.2. The van der Waals surface area contributed by atoms with E-state index < -0.39 is 0 Å². The van der Waals surface area contributed by atoms with Crippen molar-refractivity contribution in [2.45, 2.75) is 51.9 Å². The monoisotopic (exact) mass is 255 g/mol. The summed E-state index contributed by atoms with van der Waals surface area (Å²) in [5.41, 5.74) is 0. The van der Waals surface area contributed by atoms with E-state index in [4.69, 9.17) is 0 Å². The first-order valence-electron chi connectivity index (χ1n) is 8.07. The van der Waals surface area contributed by atoms with Crippen LogP contribution in [0.4, 0.5) is 0 Å². The summed E-state index contributed by atoms with van der Waals surface area (Å²) in [7, 11) is 0. The van der Waals surface area contributed by atoms with Gasteiger partial charge in [0.05, 0.1) is 0 Å². The molecule has 3 heteroatoms. The van der Waals surface area contributed by atoms with Crippen LogP contribution < -0.4 is 10.6 Å². The van der Waals surface area contributed by atoms with E-state index in [-0.39, 0.29) is 0 Å². The summed E-state index contributed by atoms with van der Waals surface area (Å²) in [6.45, 7) is 10.9. The molecule has 1 heterocycles. The fraction of sp³-hybridized carbons (Fsp3) is 1.00. The van der Waals surface area contributed by atoms with Crippen LogP contribution in [0.1, 0.15) is 51.9 Å². The van der Waals surface area contributed by atoms with E-state index in [0.717, 1.165) is 0 Å². The average Bonchev–Trinajstić information content (AvgIpc) is 2.42. The van der Waals surface area contributed by atoms with E-state index >= 15 is 0 Å². The minimum Gasteiger partial charge on any atom is -0.317 e. The van der Waals surface area contributed by atoms with Crippen LogP contribution >= 0.6 is 0 Å². The molecule has 0 amide bonds. The van der Waals surface area contributed by atoms with Gasteiger partial charge in [-0.2, -0.15) is 0 Å². The Morgan fingerprint density at radius 3 is 2.28 bits per heavy atom. The fourth-order valence-electron chi connectivity index (χ4n) is 2.50. The Morgan fingerprint density at radius 2 is 1.56 bits per heavy atom. The van der Waals surface area contributed by atoms with Crippen LogP contribution in [-0.2, 0) is 0 Å². The van der Waals surface area contributed by atoms with Crippen LogP contribution in [-0.4, -0.2) is 50.7 Å². The van der Waals surface area contributed by atoms with E-state index in [0.29, 0.717) is 0 Å². The highest BCUT2D eigenvalue weighted by atomic mass is 15.2. The third-order valence-electron chi connectivity index (χ3n) is 3.74. The Morgan fingerprint density at radius 1 is 0.889 bits per heavy atom. The molecule has 0 spiro atoms. The molecule has 1 fully saturated rings. The van der Waals surface area contributed by atoms with E-state index in [2.05, 4.69) is 22.5 Å². The van der Waals surface area contributed by atoms with Crippen LogP contribution in [0.15, 0.2) is 0 Å². The number of nitrogens with zero attached hydrogens (tertiary/aromatic N) is 1. The zero-order chi connectivity index (χ0) is 12.9. The molecule has 0 bridgehead atoms. The smallest absolute Gasteiger partial charge is 0.0107 e. The van der Waals surface area contributed by atoms with Crippen LogP contribution in [0.25, 0.3) is 0 Å². The van der Waals surface area contributed by atoms with Gasteiger partial charge in [0.25, 0.3) is 0 Å². The highest BCUT2D eigenvalue weighted by molar-refractivity contribution is 4.67. The quantitative estimate of drug-likeness (QED) is 0.554. The van der Waals surface area contributed by atoms with E-state index in [1.807, 2.05) is 0 Å². The van der Waals surface area contributed by atoms with Crippen molar-refractivity contribution >= 4 is 0 Å². The van der Waals surface area contributed by atoms with Gasteiger partial charge < -0.3 is 15.5 Å². The first-order chi connectivity index (χ1) is 8.93. The Balaban J connectivity index is 1.73. The molecule has 1 aliphatic heterocycles. The van der Waals surface area contributed by atoms with Crippen LogP contribution in [0.3, 0.4) is 0 Å². The van der Waals surface area contributed by atoms with Gasteiger partial charge in [0.1, 0.15) is 0 Å². The van der Waals surface area contributed by atoms with Crippen molar-refractivity contribution in [2.24, 2.45) is 0 Å². The summed E-state index contributed by atoms with van der Waals surface area (Å²) in [6, 6.07) is 0. The second-order valence-corrected chi connectivity index (χ2v) is 5.46. The van der Waals surface area contributed by atoms with Crippen LogP contribution in [0.2, 0.25) is 0 Å². The fourth-order valence-corrected chi connectivity index (χ4v) is 2.50. The largest absolute Gasteiger partial charge is 0.317 e. The zero-order valence-corrected chi connectivity index (χ0v) is 12.3. The van der Waals surface area contributed by atoms with Gasteiger partial charge in [-0.3, -0.25) is 0 Å². The number of hydrogen-bond acceptors (Lipinski definition) is 3. The van der Waals surface area contributed by atoms with Gasteiger partial charge in [-0.25, -0.2) is 0 Å². The molecule has 0 atom stereocenters. The molecule has 0 aromatic rings. The highest BCUT2D eigenvalue weighted by Crippen LogP contribution is 2.02. The van der Waals surface area contributed by atoms with E-state index in [1.54, 1.807) is 0 Å². The Bertz CT molecular complexity index is 167. The first kappa shape index (κ1) is 15.9. The molecule has 1 rings (SSSR count). The summed E-state index contributed by atoms with van der Waals surface area (Å²) < 4.78 is 0. The minimum absolute atomic E-state index is 1.18. The van der Waals surface area contributed by atoms with Gasteiger partial charge in [0, 0.05) is 26.2 Å². The summed E-state index contributed by atoms with van der Waals surface area (Å²) in [6.07, 6.45) is 9.59. The lowest BCUT2D eigenvalue weighted by Gasteiger charge is -2.27. The maximum absolute atomic E-state index is 3.54. The standard InChI is InChI=1S/C15H33N3/c1-2-3-6-9-16-10-7-4-5-8-13-18-14-11-17-12-15-18/h16-17H,2-15H2,1H3. The van der Waals surface area contributed by atoms with Crippen molar-refractivity contribution < 1.29 is 0 Å². The number of hydrogen-bond donors (Lipinski definition) is 2. The first-order valence-corrected chi connectivity index (χ1v) is 8.07. The van der Waals surface area contributed by atoms with Crippen LogP contribution in [0, 0.1) is 0 Å². The molecule has 0 aromatic heterocycles. The molecule has 0 saturated carbocycles. The zero-order valence-electron chi connectivity index (χ0n) is 12.3. The Kier molecular flexibility index (Phi) is 10.6. The van der Waals surface area contributed by atoms with Gasteiger partial charge in [-0.15, -0.1) is 0 Å². The minimum atomic E-state index is 1.18. The molecule has 18 heavy (non-hydrogen) atoms. The third-order valence-corrected chi connectivity index (χ3v) is 3.74. The maximum Gasteiger partial charge on any atom is 0.0107 e. The predicted molar refractivity (Wildman–Crippen MR) is 80.2 cm³/mol. The normalized spacial score (nSPS) is 17.2. The summed E-state index contributed by atoms with van der Waals surface area (Å²) in [4.78, 5) is 2.60. The van der Waals surface area contributed by atoms with Gasteiger partial charge in [-0.1, -0.05) is 32.6 Å². The predicted octanol–water partition coefficient (Wildman–Crippen LogP) is 2.23. The van der Waals surface area contributed by atoms with Gasteiger partial charge in [0.2, 0.25) is 0 Å². The SMILES string of the molecule is CCCCCNCCCCCCN1CCNCC1. The Hall–Kier alpha value is -0.120. The number of rotatable bonds is 11. The van der Waals surface area contributed by atoms with Crippen LogP contribution in [0.5, 0.6) is 0 Å². The van der Waals surface area contributed by atoms with Crippen molar-refractivity contribution in [3.05, 3.63) is 0 Å². The topological polar surface area (TPSA) is 27.3 Å². The molecular weight excluding hydrogens is 222 g/mol. The van der Waals surface area contributed by atoms with Crippen molar-refractivity contribution in [2.75, 3.05) is 45.8 Å². The number of piperazine rings is 1. The highest BCUT2D eigenvalue weighted by Gasteiger charge is 2.07. The molecule has 3 nitrogen and oxygen atoms in total. The lowest BCUT2D eigenvalue weighted by Crippen LogP contribution is -2.43. The molecule has 2 N–H and O–H groups in total. The van der Waals surface area contributed by atoms with E-state index in [1.165, 1.54) is 90.8 Å². The summed E-state index contributed by atoms with van der Waals surface area (Å²) in [5.74, 6) is 0.